The second-order valence-corrected chi connectivity index (χ2v) is 8.34. The third-order valence-corrected chi connectivity index (χ3v) is 5.88. The number of rotatable bonds is 9. The van der Waals surface area contributed by atoms with Crippen molar-refractivity contribution in [2.45, 2.75) is 25.3 Å². The van der Waals surface area contributed by atoms with Crippen molar-refractivity contribution < 1.29 is 23.6 Å². The van der Waals surface area contributed by atoms with Gasteiger partial charge in [0.2, 0.25) is 11.7 Å². The summed E-state index contributed by atoms with van der Waals surface area (Å²) in [5.41, 5.74) is 0.979. The van der Waals surface area contributed by atoms with Crippen molar-refractivity contribution in [3.05, 3.63) is 60.2 Å². The monoisotopic (exact) mass is 479 g/mol. The molecular weight excluding hydrogens is 450 g/mol. The molecule has 0 N–H and O–H groups in total. The number of hydrogen-bond acceptors (Lipinski definition) is 8. The van der Waals surface area contributed by atoms with Gasteiger partial charge in [-0.1, -0.05) is 23.4 Å². The van der Waals surface area contributed by atoms with Crippen molar-refractivity contribution in [3.8, 4) is 17.1 Å². The van der Waals surface area contributed by atoms with Crippen LogP contribution in [0.1, 0.15) is 41.6 Å². The van der Waals surface area contributed by atoms with E-state index in [9.17, 15) is 9.59 Å². The normalized spacial score (nSPS) is 15.6. The summed E-state index contributed by atoms with van der Waals surface area (Å²) in [6.45, 7) is 1.44. The van der Waals surface area contributed by atoms with Crippen LogP contribution in [0.25, 0.3) is 11.4 Å². The Morgan fingerprint density at radius 1 is 1.20 bits per heavy atom. The van der Waals surface area contributed by atoms with Crippen LogP contribution >= 0.6 is 0 Å². The summed E-state index contributed by atoms with van der Waals surface area (Å²) < 4.78 is 16.3. The van der Waals surface area contributed by atoms with Gasteiger partial charge in [-0.3, -0.25) is 14.6 Å². The number of pyridine rings is 1. The second-order valence-electron chi connectivity index (χ2n) is 8.34. The number of ether oxygens (including phenoxy) is 2. The summed E-state index contributed by atoms with van der Waals surface area (Å²) >= 11 is 0. The van der Waals surface area contributed by atoms with E-state index >= 15 is 0 Å². The fraction of sp³-hybridized carbons (Fsp3) is 0.400. The molecule has 1 atom stereocenters. The zero-order valence-corrected chi connectivity index (χ0v) is 19.9. The molecule has 1 saturated heterocycles. The molecule has 10 nitrogen and oxygen atoms in total. The van der Waals surface area contributed by atoms with Crippen LogP contribution in [0.15, 0.2) is 53.3 Å². The van der Waals surface area contributed by atoms with E-state index in [0.29, 0.717) is 48.3 Å². The average molecular weight is 480 g/mol. The van der Waals surface area contributed by atoms with Crippen LogP contribution in [-0.4, -0.2) is 77.2 Å². The van der Waals surface area contributed by atoms with E-state index in [0.717, 1.165) is 19.3 Å². The first-order valence-electron chi connectivity index (χ1n) is 11.6. The molecule has 1 aromatic carbocycles. The van der Waals surface area contributed by atoms with E-state index < -0.39 is 0 Å². The lowest BCUT2D eigenvalue weighted by molar-refractivity contribution is -0.138. The Bertz CT molecular complexity index is 1140. The molecule has 0 radical (unpaired) electrons. The molecular formula is C25H29N5O5. The van der Waals surface area contributed by atoms with Gasteiger partial charge in [-0.15, -0.1) is 0 Å². The summed E-state index contributed by atoms with van der Waals surface area (Å²) in [5.74, 6) is 1.01. The zero-order chi connectivity index (χ0) is 24.6. The van der Waals surface area contributed by atoms with Gasteiger partial charge in [-0.25, -0.2) is 0 Å². The average Bonchev–Trinajstić information content (AvgIpc) is 3.41. The maximum atomic E-state index is 12.9. The second kappa shape index (κ2) is 11.6. The Morgan fingerprint density at radius 3 is 2.83 bits per heavy atom. The highest BCUT2D eigenvalue weighted by Gasteiger charge is 2.32. The van der Waals surface area contributed by atoms with E-state index in [2.05, 4.69) is 15.1 Å². The summed E-state index contributed by atoms with van der Waals surface area (Å²) in [5, 5.41) is 4.10. The van der Waals surface area contributed by atoms with Gasteiger partial charge in [0.1, 0.15) is 11.8 Å². The molecule has 0 saturated carbocycles. The predicted molar refractivity (Wildman–Crippen MR) is 127 cm³/mol. The van der Waals surface area contributed by atoms with E-state index in [1.54, 1.807) is 36.2 Å². The Kier molecular flexibility index (Phi) is 8.04. The fourth-order valence-electron chi connectivity index (χ4n) is 3.95. The first-order valence-corrected chi connectivity index (χ1v) is 11.6. The number of para-hydroxylation sites is 1. The first-order chi connectivity index (χ1) is 17.1. The van der Waals surface area contributed by atoms with Gasteiger partial charge < -0.3 is 23.8 Å². The Balaban J connectivity index is 1.46. The van der Waals surface area contributed by atoms with Crippen LogP contribution in [0.5, 0.6) is 5.75 Å². The number of piperidine rings is 1. The van der Waals surface area contributed by atoms with Crippen molar-refractivity contribution in [2.75, 3.05) is 40.5 Å². The van der Waals surface area contributed by atoms with Gasteiger partial charge in [-0.2, -0.15) is 4.98 Å². The van der Waals surface area contributed by atoms with Crippen LogP contribution < -0.4 is 4.74 Å². The highest BCUT2D eigenvalue weighted by atomic mass is 16.5. The summed E-state index contributed by atoms with van der Waals surface area (Å²) in [4.78, 5) is 37.7. The maximum Gasteiger partial charge on any atom is 0.261 e. The topological polar surface area (TPSA) is 111 Å². The smallest absolute Gasteiger partial charge is 0.261 e. The number of carbonyl (C=O) groups is 2. The van der Waals surface area contributed by atoms with Crippen molar-refractivity contribution >= 4 is 11.8 Å². The van der Waals surface area contributed by atoms with Crippen LogP contribution in [0.2, 0.25) is 0 Å². The number of likely N-dealkylation sites (tertiary alicyclic amines) is 1. The predicted octanol–water partition coefficient (Wildman–Crippen LogP) is 2.98. The molecule has 3 heterocycles. The van der Waals surface area contributed by atoms with Crippen LogP contribution in [0, 0.1) is 0 Å². The molecule has 2 amide bonds. The fourth-order valence-corrected chi connectivity index (χ4v) is 3.95. The molecule has 1 aliphatic rings. The highest BCUT2D eigenvalue weighted by molar-refractivity contribution is 5.94. The van der Waals surface area contributed by atoms with Gasteiger partial charge in [0.25, 0.3) is 11.8 Å². The lowest BCUT2D eigenvalue weighted by atomic mass is 10.0. The molecule has 1 aliphatic heterocycles. The van der Waals surface area contributed by atoms with Crippen LogP contribution in [0.3, 0.4) is 0 Å². The first kappa shape index (κ1) is 24.3. The summed E-state index contributed by atoms with van der Waals surface area (Å²) in [6.07, 6.45) is 5.66. The maximum absolute atomic E-state index is 12.9. The quantitative estimate of drug-likeness (QED) is 0.461. The van der Waals surface area contributed by atoms with E-state index in [1.807, 2.05) is 30.3 Å². The van der Waals surface area contributed by atoms with Gasteiger partial charge in [0.05, 0.1) is 12.2 Å². The van der Waals surface area contributed by atoms with Crippen molar-refractivity contribution in [2.24, 2.45) is 0 Å². The van der Waals surface area contributed by atoms with Gasteiger partial charge in [0.15, 0.2) is 6.61 Å². The molecule has 4 rings (SSSR count). The van der Waals surface area contributed by atoms with Gasteiger partial charge in [0, 0.05) is 45.2 Å². The SMILES string of the molecule is COCCN(C)C(=O)c1cncc(-c2noc(C3CCCCN3C(=O)COc3ccccc3)n2)c1. The molecule has 3 aromatic rings. The third kappa shape index (κ3) is 6.02. The molecule has 1 fully saturated rings. The van der Waals surface area contributed by atoms with E-state index in [-0.39, 0.29) is 24.5 Å². The minimum atomic E-state index is -0.324. The Labute approximate surface area is 203 Å². The van der Waals surface area contributed by atoms with E-state index in [4.69, 9.17) is 14.0 Å². The number of amides is 2. The zero-order valence-electron chi connectivity index (χ0n) is 19.9. The molecule has 2 aromatic heterocycles. The lowest BCUT2D eigenvalue weighted by Crippen LogP contribution is -2.41. The summed E-state index contributed by atoms with van der Waals surface area (Å²) in [6, 6.07) is 10.6. The number of benzene rings is 1. The summed E-state index contributed by atoms with van der Waals surface area (Å²) in [7, 11) is 3.29. The molecule has 0 aliphatic carbocycles. The number of hydrogen-bond donors (Lipinski definition) is 0. The largest absolute Gasteiger partial charge is 0.484 e. The van der Waals surface area contributed by atoms with Crippen LogP contribution in [0.4, 0.5) is 0 Å². The molecule has 35 heavy (non-hydrogen) atoms. The number of likely N-dealkylation sites (N-methyl/N-ethyl adjacent to an activating group) is 1. The number of nitrogens with zero attached hydrogens (tertiary/aromatic N) is 5. The molecule has 184 valence electrons. The van der Waals surface area contributed by atoms with Crippen molar-refractivity contribution in [1.82, 2.24) is 24.9 Å². The van der Waals surface area contributed by atoms with Crippen LogP contribution in [-0.2, 0) is 9.53 Å². The standard InChI is InChI=1S/C25H29N5O5/c1-29(12-13-33-2)25(32)19-14-18(15-26-16-19)23-27-24(35-28-23)21-10-6-7-11-30(21)22(31)17-34-20-8-4-3-5-9-20/h3-5,8-9,14-16,21H,6-7,10-13,17H2,1-2H3. The van der Waals surface area contributed by atoms with Crippen molar-refractivity contribution in [3.63, 3.8) is 0 Å². The van der Waals surface area contributed by atoms with Crippen molar-refractivity contribution in [1.29, 1.82) is 0 Å². The third-order valence-electron chi connectivity index (χ3n) is 5.88. The number of methoxy groups -OCH3 is 1. The number of aromatic nitrogens is 3. The lowest BCUT2D eigenvalue weighted by Gasteiger charge is -2.33. The Morgan fingerprint density at radius 2 is 2.03 bits per heavy atom. The minimum absolute atomic E-state index is 0.0633. The minimum Gasteiger partial charge on any atom is -0.484 e. The molecule has 10 heteroatoms. The van der Waals surface area contributed by atoms with Gasteiger partial charge >= 0.3 is 0 Å². The Hall–Kier alpha value is -3.79. The molecule has 1 unspecified atom stereocenters. The molecule has 0 spiro atoms. The van der Waals surface area contributed by atoms with E-state index in [1.165, 1.54) is 6.20 Å². The van der Waals surface area contributed by atoms with Gasteiger partial charge in [-0.05, 0) is 37.5 Å². The number of carbonyl (C=O) groups excluding carboxylic acids is 2. The highest BCUT2D eigenvalue weighted by Crippen LogP contribution is 2.31. The molecule has 0 bridgehead atoms.